The van der Waals surface area contributed by atoms with Crippen molar-refractivity contribution >= 4 is 17.9 Å². The maximum atomic E-state index is 12.6. The highest BCUT2D eigenvalue weighted by atomic mass is 16.4. The van der Waals surface area contributed by atoms with Gasteiger partial charge in [0.1, 0.15) is 5.54 Å². The Labute approximate surface area is 140 Å². The molecule has 3 amide bonds. The van der Waals surface area contributed by atoms with Crippen LogP contribution in [-0.4, -0.2) is 35.1 Å². The van der Waals surface area contributed by atoms with E-state index in [9.17, 15) is 14.4 Å². The van der Waals surface area contributed by atoms with Crippen LogP contribution in [0.15, 0.2) is 24.3 Å². The number of benzene rings is 1. The minimum absolute atomic E-state index is 0.200. The van der Waals surface area contributed by atoms with E-state index in [0.29, 0.717) is 19.4 Å². The van der Waals surface area contributed by atoms with Gasteiger partial charge in [-0.3, -0.25) is 4.79 Å². The van der Waals surface area contributed by atoms with Gasteiger partial charge in [-0.2, -0.15) is 0 Å². The van der Waals surface area contributed by atoms with E-state index < -0.39 is 11.5 Å². The summed E-state index contributed by atoms with van der Waals surface area (Å²) >= 11 is 0. The summed E-state index contributed by atoms with van der Waals surface area (Å²) in [5.41, 5.74) is 0.148. The molecule has 1 fully saturated rings. The van der Waals surface area contributed by atoms with Crippen LogP contribution in [0.3, 0.4) is 0 Å². The predicted molar refractivity (Wildman–Crippen MR) is 88.7 cm³/mol. The van der Waals surface area contributed by atoms with E-state index in [2.05, 4.69) is 16.0 Å². The Bertz CT molecular complexity index is 607. The lowest BCUT2D eigenvalue weighted by molar-refractivity contribution is -0.127. The van der Waals surface area contributed by atoms with Crippen molar-refractivity contribution in [1.29, 1.82) is 0 Å². The van der Waals surface area contributed by atoms with Crippen LogP contribution in [0.25, 0.3) is 0 Å². The molecule has 2 rings (SSSR count). The monoisotopic (exact) mass is 333 g/mol. The maximum absolute atomic E-state index is 12.6. The van der Waals surface area contributed by atoms with Gasteiger partial charge in [-0.25, -0.2) is 9.59 Å². The Morgan fingerprint density at radius 2 is 1.71 bits per heavy atom. The molecule has 0 saturated heterocycles. The van der Waals surface area contributed by atoms with Gasteiger partial charge in [0.2, 0.25) is 5.91 Å². The molecule has 0 aliphatic heterocycles. The van der Waals surface area contributed by atoms with Crippen LogP contribution >= 0.6 is 0 Å². The summed E-state index contributed by atoms with van der Waals surface area (Å²) in [7, 11) is 0. The fourth-order valence-electron chi connectivity index (χ4n) is 2.93. The Kier molecular flexibility index (Phi) is 5.78. The van der Waals surface area contributed by atoms with Gasteiger partial charge in [-0.1, -0.05) is 25.0 Å². The molecule has 7 nitrogen and oxygen atoms in total. The number of hydrogen-bond donors (Lipinski definition) is 4. The molecule has 0 radical (unpaired) electrons. The molecule has 7 heteroatoms. The Morgan fingerprint density at radius 1 is 1.08 bits per heavy atom. The summed E-state index contributed by atoms with van der Waals surface area (Å²) in [5.74, 6) is -1.19. The van der Waals surface area contributed by atoms with Crippen LogP contribution in [-0.2, 0) is 11.3 Å². The first-order valence-electron chi connectivity index (χ1n) is 8.13. The summed E-state index contributed by atoms with van der Waals surface area (Å²) in [6.45, 7) is 2.61. The van der Waals surface area contributed by atoms with Gasteiger partial charge in [0, 0.05) is 13.1 Å². The predicted octanol–water partition coefficient (Wildman–Crippen LogP) is 1.63. The summed E-state index contributed by atoms with van der Waals surface area (Å²) in [5, 5.41) is 17.2. The minimum Gasteiger partial charge on any atom is -0.478 e. The summed E-state index contributed by atoms with van der Waals surface area (Å²) in [6.07, 6.45) is 3.03. The van der Waals surface area contributed by atoms with Crippen molar-refractivity contribution < 1.29 is 19.5 Å². The van der Waals surface area contributed by atoms with Gasteiger partial charge in [0.05, 0.1) is 5.56 Å². The quantitative estimate of drug-likeness (QED) is 0.634. The van der Waals surface area contributed by atoms with E-state index in [-0.39, 0.29) is 24.0 Å². The van der Waals surface area contributed by atoms with E-state index in [1.165, 1.54) is 12.1 Å². The second kappa shape index (κ2) is 7.81. The van der Waals surface area contributed by atoms with Gasteiger partial charge in [0.25, 0.3) is 0 Å². The molecule has 1 aromatic carbocycles. The number of nitrogens with one attached hydrogen (secondary N) is 3. The van der Waals surface area contributed by atoms with E-state index in [1.54, 1.807) is 12.1 Å². The van der Waals surface area contributed by atoms with Crippen molar-refractivity contribution in [3.05, 3.63) is 35.4 Å². The second-order valence-corrected chi connectivity index (χ2v) is 5.96. The third-order valence-electron chi connectivity index (χ3n) is 4.24. The molecule has 0 atom stereocenters. The number of aromatic carboxylic acids is 1. The first kappa shape index (κ1) is 17.8. The first-order valence-corrected chi connectivity index (χ1v) is 8.13. The highest BCUT2D eigenvalue weighted by molar-refractivity contribution is 5.91. The molecule has 0 heterocycles. The fourth-order valence-corrected chi connectivity index (χ4v) is 2.93. The molecular weight excluding hydrogens is 310 g/mol. The Morgan fingerprint density at radius 3 is 2.25 bits per heavy atom. The van der Waals surface area contributed by atoms with Crippen molar-refractivity contribution in [2.45, 2.75) is 44.7 Å². The van der Waals surface area contributed by atoms with Crippen LogP contribution < -0.4 is 16.0 Å². The summed E-state index contributed by atoms with van der Waals surface area (Å²) in [6, 6.07) is 6.01. The molecule has 0 unspecified atom stereocenters. The standard InChI is InChI=1S/C17H23N3O4/c1-2-18-16(24)20-17(9-3-4-10-17)15(23)19-11-12-5-7-13(8-6-12)14(21)22/h5-8H,2-4,9-11H2,1H3,(H,19,23)(H,21,22)(H2,18,20,24). The number of carbonyl (C=O) groups excluding carboxylic acids is 2. The zero-order valence-corrected chi connectivity index (χ0v) is 13.7. The highest BCUT2D eigenvalue weighted by Gasteiger charge is 2.42. The summed E-state index contributed by atoms with van der Waals surface area (Å²) in [4.78, 5) is 35.3. The lowest BCUT2D eigenvalue weighted by Gasteiger charge is -2.29. The molecular formula is C17H23N3O4. The molecule has 1 saturated carbocycles. The molecule has 1 aliphatic carbocycles. The molecule has 130 valence electrons. The largest absolute Gasteiger partial charge is 0.478 e. The van der Waals surface area contributed by atoms with Crippen molar-refractivity contribution in [2.24, 2.45) is 0 Å². The summed E-state index contributed by atoms with van der Waals surface area (Å²) < 4.78 is 0. The topological polar surface area (TPSA) is 108 Å². The zero-order valence-electron chi connectivity index (χ0n) is 13.7. The molecule has 1 aromatic rings. The van der Waals surface area contributed by atoms with E-state index >= 15 is 0 Å². The van der Waals surface area contributed by atoms with E-state index in [0.717, 1.165) is 18.4 Å². The van der Waals surface area contributed by atoms with Crippen LogP contribution in [0, 0.1) is 0 Å². The van der Waals surface area contributed by atoms with Crippen LogP contribution in [0.4, 0.5) is 4.79 Å². The van der Waals surface area contributed by atoms with Gasteiger partial charge >= 0.3 is 12.0 Å². The fraction of sp³-hybridized carbons (Fsp3) is 0.471. The van der Waals surface area contributed by atoms with Crippen molar-refractivity contribution in [3.63, 3.8) is 0 Å². The lowest BCUT2D eigenvalue weighted by atomic mass is 9.96. The minimum atomic E-state index is -0.985. The van der Waals surface area contributed by atoms with Crippen molar-refractivity contribution in [2.75, 3.05) is 6.54 Å². The Balaban J connectivity index is 1.98. The SMILES string of the molecule is CCNC(=O)NC1(C(=O)NCc2ccc(C(=O)O)cc2)CCCC1. The second-order valence-electron chi connectivity index (χ2n) is 5.96. The number of urea groups is 1. The number of carboxylic acid groups (broad SMARTS) is 1. The maximum Gasteiger partial charge on any atom is 0.335 e. The van der Waals surface area contributed by atoms with Gasteiger partial charge in [0.15, 0.2) is 0 Å². The highest BCUT2D eigenvalue weighted by Crippen LogP contribution is 2.30. The van der Waals surface area contributed by atoms with Gasteiger partial charge in [-0.05, 0) is 37.5 Å². The number of hydrogen-bond acceptors (Lipinski definition) is 3. The average molecular weight is 333 g/mol. The normalized spacial score (nSPS) is 15.5. The molecule has 4 N–H and O–H groups in total. The average Bonchev–Trinajstić information content (AvgIpc) is 3.02. The third-order valence-corrected chi connectivity index (χ3v) is 4.24. The van der Waals surface area contributed by atoms with Crippen molar-refractivity contribution in [1.82, 2.24) is 16.0 Å². The molecule has 0 spiro atoms. The number of carbonyl (C=O) groups is 3. The third kappa shape index (κ3) is 4.24. The van der Waals surface area contributed by atoms with E-state index in [1.807, 2.05) is 6.92 Å². The smallest absolute Gasteiger partial charge is 0.335 e. The van der Waals surface area contributed by atoms with E-state index in [4.69, 9.17) is 5.11 Å². The number of carboxylic acids is 1. The number of amides is 3. The lowest BCUT2D eigenvalue weighted by Crippen LogP contribution is -2.59. The molecule has 1 aliphatic rings. The molecule has 24 heavy (non-hydrogen) atoms. The first-order chi connectivity index (χ1) is 11.5. The molecule has 0 aromatic heterocycles. The van der Waals surface area contributed by atoms with Crippen LogP contribution in [0.1, 0.15) is 48.5 Å². The Hall–Kier alpha value is -2.57. The molecule has 0 bridgehead atoms. The van der Waals surface area contributed by atoms with Crippen LogP contribution in [0.2, 0.25) is 0 Å². The van der Waals surface area contributed by atoms with Crippen LogP contribution in [0.5, 0.6) is 0 Å². The van der Waals surface area contributed by atoms with Crippen molar-refractivity contribution in [3.8, 4) is 0 Å². The number of rotatable bonds is 6. The van der Waals surface area contributed by atoms with Gasteiger partial charge < -0.3 is 21.1 Å². The van der Waals surface area contributed by atoms with Gasteiger partial charge in [-0.15, -0.1) is 0 Å². The zero-order chi connectivity index (χ0) is 17.6.